The van der Waals surface area contributed by atoms with Crippen LogP contribution in [0.3, 0.4) is 0 Å². The number of aromatic amines is 1. The molecule has 0 unspecified atom stereocenters. The minimum Gasteiger partial charge on any atom is -0.444 e. The lowest BCUT2D eigenvalue weighted by Crippen LogP contribution is -2.55. The second-order valence-electron chi connectivity index (χ2n) is 11.3. The molecular formula is C29H37ClN4O2. The van der Waals surface area contributed by atoms with Gasteiger partial charge in [-0.15, -0.1) is 0 Å². The lowest BCUT2D eigenvalue weighted by Gasteiger charge is -2.50. The van der Waals surface area contributed by atoms with E-state index < -0.39 is 5.60 Å². The fraction of sp³-hybridized carbons (Fsp3) is 0.483. The van der Waals surface area contributed by atoms with E-state index in [1.165, 1.54) is 0 Å². The summed E-state index contributed by atoms with van der Waals surface area (Å²) in [7, 11) is 0. The molecule has 0 bridgehead atoms. The predicted molar refractivity (Wildman–Crippen MR) is 146 cm³/mol. The van der Waals surface area contributed by atoms with E-state index in [4.69, 9.17) is 16.3 Å². The first kappa shape index (κ1) is 26.2. The zero-order chi connectivity index (χ0) is 26.1. The van der Waals surface area contributed by atoms with Crippen molar-refractivity contribution in [2.75, 3.05) is 0 Å². The van der Waals surface area contributed by atoms with E-state index >= 15 is 0 Å². The highest BCUT2D eigenvalue weighted by atomic mass is 35.5. The van der Waals surface area contributed by atoms with Gasteiger partial charge in [0.05, 0.1) is 5.02 Å². The van der Waals surface area contributed by atoms with Crippen molar-refractivity contribution in [3.05, 3.63) is 64.9 Å². The van der Waals surface area contributed by atoms with Crippen molar-refractivity contribution in [3.63, 3.8) is 0 Å². The van der Waals surface area contributed by atoms with E-state index in [9.17, 15) is 10.2 Å². The minimum absolute atomic E-state index is 0.280. The monoisotopic (exact) mass is 508 g/mol. The molecule has 0 radical (unpaired) electrons. The lowest BCUT2D eigenvalue weighted by atomic mass is 9.63. The van der Waals surface area contributed by atoms with Crippen LogP contribution in [0, 0.1) is 10.8 Å². The molecule has 0 spiro atoms. The number of halogens is 1. The fourth-order valence-corrected chi connectivity index (χ4v) is 5.62. The van der Waals surface area contributed by atoms with E-state index in [1.807, 2.05) is 56.1 Å². The van der Waals surface area contributed by atoms with E-state index in [0.29, 0.717) is 17.3 Å². The number of aromatic nitrogens is 2. The number of nitrogens with one attached hydrogen (secondary N) is 2. The maximum atomic E-state index is 13.5. The van der Waals surface area contributed by atoms with Gasteiger partial charge in [-0.2, -0.15) is 0 Å². The van der Waals surface area contributed by atoms with Gasteiger partial charge in [0, 0.05) is 46.6 Å². The number of amides is 1. The average molecular weight is 509 g/mol. The molecule has 4 rings (SSSR count). The molecule has 192 valence electrons. The Balaban J connectivity index is 1.63. The fourth-order valence-electron chi connectivity index (χ4n) is 5.38. The number of hydrogen-bond acceptors (Lipinski definition) is 4. The summed E-state index contributed by atoms with van der Waals surface area (Å²) in [5.74, 6) is 0. The van der Waals surface area contributed by atoms with Gasteiger partial charge in [-0.1, -0.05) is 55.8 Å². The van der Waals surface area contributed by atoms with Crippen molar-refractivity contribution in [2.45, 2.75) is 84.4 Å². The Hall–Kier alpha value is -2.86. The third-order valence-electron chi connectivity index (χ3n) is 7.71. The predicted octanol–water partition coefficient (Wildman–Crippen LogP) is 7.75. The van der Waals surface area contributed by atoms with E-state index in [2.05, 4.69) is 35.9 Å². The standard InChI is InChI=1S/C29H37ClN4O2/c1-6-29(34(26(35)36-27(2,3)4)19-20-10-8-7-9-11-20)15-13-28(5,14-16-29)24(31)23-21-12-17-32-25(21)33-18-22(23)30/h7-12,17-18,31H,6,13-16,19H2,1-5H3,(H,32,33). The normalized spacial score (nSPS) is 22.4. The van der Waals surface area contributed by atoms with Crippen molar-refractivity contribution in [1.82, 2.24) is 14.9 Å². The Morgan fingerprint density at radius 1 is 1.17 bits per heavy atom. The molecule has 1 aliphatic carbocycles. The van der Waals surface area contributed by atoms with E-state index in [-0.39, 0.29) is 17.0 Å². The van der Waals surface area contributed by atoms with Crippen molar-refractivity contribution >= 4 is 34.4 Å². The van der Waals surface area contributed by atoms with Gasteiger partial charge in [-0.05, 0) is 64.5 Å². The summed E-state index contributed by atoms with van der Waals surface area (Å²) in [4.78, 5) is 23.0. The van der Waals surface area contributed by atoms with Crippen LogP contribution in [-0.4, -0.2) is 37.8 Å². The first-order valence-electron chi connectivity index (χ1n) is 12.7. The van der Waals surface area contributed by atoms with Crippen LogP contribution >= 0.6 is 11.6 Å². The van der Waals surface area contributed by atoms with Crippen molar-refractivity contribution < 1.29 is 9.53 Å². The van der Waals surface area contributed by atoms with Crippen LogP contribution in [0.5, 0.6) is 0 Å². The Kier molecular flexibility index (Phi) is 7.20. The molecule has 7 heteroatoms. The summed E-state index contributed by atoms with van der Waals surface area (Å²) >= 11 is 6.58. The molecule has 0 atom stereocenters. The van der Waals surface area contributed by atoms with E-state index in [0.717, 1.165) is 54.3 Å². The molecule has 6 nitrogen and oxygen atoms in total. The number of H-pyrrole nitrogens is 1. The van der Waals surface area contributed by atoms with Crippen LogP contribution in [0.1, 0.15) is 77.8 Å². The molecule has 0 aliphatic heterocycles. The first-order valence-corrected chi connectivity index (χ1v) is 13.1. The second-order valence-corrected chi connectivity index (χ2v) is 11.7. The molecule has 2 aromatic heterocycles. The van der Waals surface area contributed by atoms with Gasteiger partial charge in [0.25, 0.3) is 0 Å². The number of rotatable bonds is 6. The van der Waals surface area contributed by atoms with Crippen molar-refractivity contribution in [3.8, 4) is 0 Å². The van der Waals surface area contributed by atoms with Crippen LogP contribution in [0.4, 0.5) is 4.79 Å². The molecule has 36 heavy (non-hydrogen) atoms. The second kappa shape index (κ2) is 9.89. The summed E-state index contributed by atoms with van der Waals surface area (Å²) in [5.41, 5.74) is 1.82. The lowest BCUT2D eigenvalue weighted by molar-refractivity contribution is -0.0253. The highest BCUT2D eigenvalue weighted by Crippen LogP contribution is 2.48. The number of carbonyl (C=O) groups is 1. The summed E-state index contributed by atoms with van der Waals surface area (Å²) in [6.45, 7) is 10.5. The quantitative estimate of drug-likeness (QED) is 0.334. The van der Waals surface area contributed by atoms with E-state index in [1.54, 1.807) is 6.20 Å². The SMILES string of the molecule is CCC1(N(Cc2ccccc2)C(=O)OC(C)(C)C)CCC(C)(C(=N)c2c(Cl)cnc3[nH]ccc23)CC1. The third kappa shape index (κ3) is 5.15. The number of ether oxygens (including phenoxy) is 1. The van der Waals surface area contributed by atoms with Gasteiger partial charge in [-0.25, -0.2) is 9.78 Å². The number of pyridine rings is 1. The summed E-state index contributed by atoms with van der Waals surface area (Å²) in [5, 5.41) is 10.6. The van der Waals surface area contributed by atoms with Gasteiger partial charge in [0.2, 0.25) is 0 Å². The topological polar surface area (TPSA) is 82.1 Å². The average Bonchev–Trinajstić information content (AvgIpc) is 3.31. The maximum absolute atomic E-state index is 13.5. The van der Waals surface area contributed by atoms with Crippen LogP contribution < -0.4 is 0 Å². The summed E-state index contributed by atoms with van der Waals surface area (Å²) < 4.78 is 5.89. The third-order valence-corrected chi connectivity index (χ3v) is 7.99. The maximum Gasteiger partial charge on any atom is 0.411 e. The van der Waals surface area contributed by atoms with Crippen LogP contribution in [0.2, 0.25) is 5.02 Å². The molecule has 3 aromatic rings. The van der Waals surface area contributed by atoms with Gasteiger partial charge < -0.3 is 15.1 Å². The highest BCUT2D eigenvalue weighted by Gasteiger charge is 2.47. The number of hydrogen-bond donors (Lipinski definition) is 2. The molecule has 2 N–H and O–H groups in total. The van der Waals surface area contributed by atoms with Crippen molar-refractivity contribution in [1.29, 1.82) is 5.41 Å². The molecule has 0 saturated heterocycles. The smallest absolute Gasteiger partial charge is 0.411 e. The molecule has 1 aromatic carbocycles. The number of benzene rings is 1. The van der Waals surface area contributed by atoms with Crippen molar-refractivity contribution in [2.24, 2.45) is 5.41 Å². The number of fused-ring (bicyclic) bond motifs is 1. The Morgan fingerprint density at radius 2 is 1.83 bits per heavy atom. The van der Waals surface area contributed by atoms with Crippen LogP contribution in [0.25, 0.3) is 11.0 Å². The van der Waals surface area contributed by atoms with Gasteiger partial charge >= 0.3 is 6.09 Å². The largest absolute Gasteiger partial charge is 0.444 e. The zero-order valence-electron chi connectivity index (χ0n) is 22.0. The first-order chi connectivity index (χ1) is 17.0. The van der Waals surface area contributed by atoms with Crippen LogP contribution in [0.15, 0.2) is 48.8 Å². The van der Waals surface area contributed by atoms with Gasteiger partial charge in [0.1, 0.15) is 11.2 Å². The molecule has 1 aliphatic rings. The van der Waals surface area contributed by atoms with Gasteiger partial charge in [-0.3, -0.25) is 4.90 Å². The van der Waals surface area contributed by atoms with Crippen LogP contribution in [-0.2, 0) is 11.3 Å². The Labute approximate surface area is 218 Å². The number of nitrogens with zero attached hydrogens (tertiary/aromatic N) is 2. The Bertz CT molecular complexity index is 1240. The highest BCUT2D eigenvalue weighted by molar-refractivity contribution is 6.36. The summed E-state index contributed by atoms with van der Waals surface area (Å²) in [6.07, 6.45) is 7.12. The summed E-state index contributed by atoms with van der Waals surface area (Å²) in [6, 6.07) is 12.0. The zero-order valence-corrected chi connectivity index (χ0v) is 22.7. The minimum atomic E-state index is -0.577. The molecule has 1 amide bonds. The molecule has 1 fully saturated rings. The molecular weight excluding hydrogens is 472 g/mol. The van der Waals surface area contributed by atoms with Gasteiger partial charge in [0.15, 0.2) is 0 Å². The molecule has 1 saturated carbocycles. The Morgan fingerprint density at radius 3 is 2.44 bits per heavy atom. The number of carbonyl (C=O) groups excluding carboxylic acids is 1. The molecule has 2 heterocycles.